The highest BCUT2D eigenvalue weighted by Crippen LogP contribution is 2.18. The molecule has 0 saturated carbocycles. The number of hydrogen-bond donors (Lipinski definition) is 1. The van der Waals surface area contributed by atoms with Crippen molar-refractivity contribution in [1.82, 2.24) is 9.13 Å². The van der Waals surface area contributed by atoms with Gasteiger partial charge in [-0.05, 0) is 36.5 Å². The minimum absolute atomic E-state index is 0.0874. The fraction of sp³-hybridized carbons (Fsp3) is 0.214. The lowest BCUT2D eigenvalue weighted by Crippen LogP contribution is -2.25. The van der Waals surface area contributed by atoms with Crippen molar-refractivity contribution < 1.29 is 9.84 Å². The summed E-state index contributed by atoms with van der Waals surface area (Å²) in [7, 11) is 4.72. The number of hydrogen-bond acceptors (Lipinski definition) is 5. The first-order valence-electron chi connectivity index (χ1n) is 6.12. The largest absolute Gasteiger partial charge is 0.497 e. The molecule has 1 heterocycles. The van der Waals surface area contributed by atoms with Crippen molar-refractivity contribution in [1.29, 1.82) is 0 Å². The van der Waals surface area contributed by atoms with E-state index in [9.17, 15) is 9.90 Å². The van der Waals surface area contributed by atoms with Gasteiger partial charge in [0.25, 0.3) is 5.56 Å². The van der Waals surface area contributed by atoms with E-state index < -0.39 is 5.56 Å². The third kappa shape index (κ3) is 2.87. The predicted molar refractivity (Wildman–Crippen MR) is 83.4 cm³/mol. The molecule has 0 aliphatic heterocycles. The quantitative estimate of drug-likeness (QED) is 0.695. The van der Waals surface area contributed by atoms with Crippen molar-refractivity contribution in [2.75, 3.05) is 7.11 Å². The zero-order valence-electron chi connectivity index (χ0n) is 11.9. The molecule has 1 aromatic heterocycles. The first kappa shape index (κ1) is 15.0. The summed E-state index contributed by atoms with van der Waals surface area (Å²) in [6, 6.07) is 7.02. The van der Waals surface area contributed by atoms with E-state index in [2.05, 4.69) is 4.99 Å². The summed E-state index contributed by atoms with van der Waals surface area (Å²) in [6.45, 7) is 0. The van der Waals surface area contributed by atoms with Crippen LogP contribution in [-0.4, -0.2) is 27.6 Å². The minimum atomic E-state index is -0.395. The number of methoxy groups -OCH3 is 1. The van der Waals surface area contributed by atoms with Crippen LogP contribution in [0.2, 0.25) is 0 Å². The third-order valence-electron chi connectivity index (χ3n) is 3.08. The van der Waals surface area contributed by atoms with Crippen molar-refractivity contribution in [3.8, 4) is 11.6 Å². The van der Waals surface area contributed by atoms with Crippen molar-refractivity contribution in [2.24, 2.45) is 19.1 Å². The van der Waals surface area contributed by atoms with E-state index in [4.69, 9.17) is 17.0 Å². The Morgan fingerprint density at radius 1 is 1.24 bits per heavy atom. The van der Waals surface area contributed by atoms with Gasteiger partial charge in [-0.3, -0.25) is 18.9 Å². The van der Waals surface area contributed by atoms with Gasteiger partial charge in [0.05, 0.1) is 12.8 Å². The molecular formula is C14H15N3O3S. The van der Waals surface area contributed by atoms with Crippen LogP contribution in [0.3, 0.4) is 0 Å². The van der Waals surface area contributed by atoms with E-state index in [0.29, 0.717) is 5.69 Å². The monoisotopic (exact) mass is 305 g/mol. The molecule has 0 radical (unpaired) electrons. The number of aromatic hydroxyl groups is 1. The number of aliphatic imine (C=N–C) groups is 1. The van der Waals surface area contributed by atoms with Gasteiger partial charge in [-0.2, -0.15) is 0 Å². The Morgan fingerprint density at radius 2 is 1.86 bits per heavy atom. The van der Waals surface area contributed by atoms with E-state index in [1.54, 1.807) is 45.5 Å². The fourth-order valence-corrected chi connectivity index (χ4v) is 1.95. The Balaban J connectivity index is 2.46. The van der Waals surface area contributed by atoms with E-state index in [1.165, 1.54) is 15.3 Å². The molecule has 1 aromatic carbocycles. The van der Waals surface area contributed by atoms with Crippen LogP contribution in [0.4, 0.5) is 5.69 Å². The Bertz CT molecular complexity index is 804. The molecule has 0 amide bonds. The number of ether oxygens (including phenoxy) is 1. The zero-order valence-corrected chi connectivity index (χ0v) is 12.7. The number of benzene rings is 1. The topological polar surface area (TPSA) is 68.8 Å². The van der Waals surface area contributed by atoms with E-state index in [-0.39, 0.29) is 16.2 Å². The van der Waals surface area contributed by atoms with Gasteiger partial charge in [0.15, 0.2) is 4.77 Å². The molecule has 21 heavy (non-hydrogen) atoms. The molecule has 0 aliphatic rings. The Morgan fingerprint density at radius 3 is 2.43 bits per heavy atom. The lowest BCUT2D eigenvalue weighted by molar-refractivity contribution is 0.414. The van der Waals surface area contributed by atoms with Crippen LogP contribution in [-0.2, 0) is 14.1 Å². The third-order valence-corrected chi connectivity index (χ3v) is 3.63. The maximum atomic E-state index is 12.1. The molecule has 110 valence electrons. The molecule has 6 nitrogen and oxygen atoms in total. The summed E-state index contributed by atoms with van der Waals surface area (Å²) in [5, 5.41) is 10.0. The molecular weight excluding hydrogens is 290 g/mol. The number of aromatic nitrogens is 2. The molecule has 0 aliphatic carbocycles. The van der Waals surface area contributed by atoms with Gasteiger partial charge in [-0.1, -0.05) is 0 Å². The Hall–Kier alpha value is -2.41. The lowest BCUT2D eigenvalue weighted by Gasteiger charge is -2.09. The second-order valence-electron chi connectivity index (χ2n) is 4.40. The highest BCUT2D eigenvalue weighted by molar-refractivity contribution is 7.71. The summed E-state index contributed by atoms with van der Waals surface area (Å²) in [4.78, 5) is 16.3. The lowest BCUT2D eigenvalue weighted by atomic mass is 10.3. The maximum Gasteiger partial charge on any atom is 0.266 e. The molecule has 2 rings (SSSR count). The van der Waals surface area contributed by atoms with Crippen molar-refractivity contribution >= 4 is 24.1 Å². The maximum absolute atomic E-state index is 12.1. The van der Waals surface area contributed by atoms with E-state index in [1.807, 2.05) is 0 Å². The smallest absolute Gasteiger partial charge is 0.266 e. The van der Waals surface area contributed by atoms with Gasteiger partial charge in [-0.25, -0.2) is 0 Å². The Labute approximate surface area is 126 Å². The first-order valence-corrected chi connectivity index (χ1v) is 6.53. The van der Waals surface area contributed by atoms with Gasteiger partial charge < -0.3 is 9.84 Å². The Kier molecular flexibility index (Phi) is 4.23. The van der Waals surface area contributed by atoms with Crippen LogP contribution in [0, 0.1) is 4.77 Å². The zero-order chi connectivity index (χ0) is 15.6. The minimum Gasteiger partial charge on any atom is -0.497 e. The predicted octanol–water partition coefficient (Wildman–Crippen LogP) is 1.92. The van der Waals surface area contributed by atoms with Gasteiger partial charge in [0, 0.05) is 20.3 Å². The SMILES string of the molecule is COc1ccc(N=Cc2c(O)n(C)c(=S)n(C)c2=O)cc1. The van der Waals surface area contributed by atoms with Crippen LogP contribution in [0.5, 0.6) is 11.6 Å². The molecule has 0 saturated heterocycles. The van der Waals surface area contributed by atoms with Gasteiger partial charge in [0.2, 0.25) is 5.88 Å². The average Bonchev–Trinajstić information content (AvgIpc) is 2.51. The number of rotatable bonds is 3. The molecule has 1 N–H and O–H groups in total. The van der Waals surface area contributed by atoms with E-state index in [0.717, 1.165) is 5.75 Å². The van der Waals surface area contributed by atoms with Crippen LogP contribution in [0.25, 0.3) is 0 Å². The summed E-state index contributed by atoms with van der Waals surface area (Å²) in [5.74, 6) is 0.509. The normalized spacial score (nSPS) is 11.0. The average molecular weight is 305 g/mol. The fourth-order valence-electron chi connectivity index (χ4n) is 1.78. The second-order valence-corrected chi connectivity index (χ2v) is 4.76. The molecule has 0 spiro atoms. The van der Waals surface area contributed by atoms with Crippen LogP contribution in [0.15, 0.2) is 34.1 Å². The van der Waals surface area contributed by atoms with Gasteiger partial charge in [0.1, 0.15) is 11.3 Å². The molecule has 0 fully saturated rings. The van der Waals surface area contributed by atoms with Crippen LogP contribution >= 0.6 is 12.2 Å². The summed E-state index contributed by atoms with van der Waals surface area (Å²) in [6.07, 6.45) is 1.33. The highest BCUT2D eigenvalue weighted by atomic mass is 32.1. The van der Waals surface area contributed by atoms with Crippen molar-refractivity contribution in [2.45, 2.75) is 0 Å². The summed E-state index contributed by atoms with van der Waals surface area (Å²) < 4.78 is 7.93. The molecule has 0 bridgehead atoms. The van der Waals surface area contributed by atoms with Crippen molar-refractivity contribution in [3.05, 3.63) is 45.0 Å². The summed E-state index contributed by atoms with van der Waals surface area (Å²) in [5.41, 5.74) is 0.333. The highest BCUT2D eigenvalue weighted by Gasteiger charge is 2.10. The standard InChI is InChI=1S/C14H15N3O3S/c1-16-12(18)11(13(19)17(2)14(16)21)8-15-9-4-6-10(20-3)7-5-9/h4-8,18H,1-3H3. The van der Waals surface area contributed by atoms with Gasteiger partial charge in [-0.15, -0.1) is 0 Å². The summed E-state index contributed by atoms with van der Waals surface area (Å²) >= 11 is 5.04. The van der Waals surface area contributed by atoms with Crippen molar-refractivity contribution in [3.63, 3.8) is 0 Å². The number of nitrogens with zero attached hydrogens (tertiary/aromatic N) is 3. The molecule has 2 aromatic rings. The first-order chi connectivity index (χ1) is 9.95. The molecule has 0 unspecified atom stereocenters. The van der Waals surface area contributed by atoms with E-state index >= 15 is 0 Å². The second kappa shape index (κ2) is 5.92. The van der Waals surface area contributed by atoms with Crippen LogP contribution in [0.1, 0.15) is 5.56 Å². The van der Waals surface area contributed by atoms with Crippen LogP contribution < -0.4 is 10.3 Å². The van der Waals surface area contributed by atoms with Gasteiger partial charge >= 0.3 is 0 Å². The molecule has 7 heteroatoms. The molecule has 0 atom stereocenters.